The maximum atomic E-state index is 3.99. The molecule has 0 aliphatic heterocycles. The predicted octanol–water partition coefficient (Wildman–Crippen LogP) is 0.396. The van der Waals surface area contributed by atoms with Crippen molar-refractivity contribution in [1.29, 1.82) is 0 Å². The molecule has 2 aromatic heterocycles. The predicted molar refractivity (Wildman–Crippen MR) is 34.5 cm³/mol. The Balaban J connectivity index is 2.48. The van der Waals surface area contributed by atoms with Crippen LogP contribution in [0.1, 0.15) is 0 Å². The van der Waals surface area contributed by atoms with Crippen molar-refractivity contribution in [3.63, 3.8) is 0 Å². The van der Waals surface area contributed by atoms with Gasteiger partial charge in [-0.25, -0.2) is 9.97 Å². The molecule has 1 radical (unpaired) electrons. The number of H-pyrrole nitrogens is 1. The van der Waals surface area contributed by atoms with Crippen molar-refractivity contribution in [1.82, 2.24) is 19.5 Å². The van der Waals surface area contributed by atoms with Crippen LogP contribution in [-0.4, -0.2) is 19.5 Å². The topological polar surface area (TPSA) is 46.5 Å². The highest BCUT2D eigenvalue weighted by Crippen LogP contribution is 1.95. The molecule has 0 bridgehead atoms. The summed E-state index contributed by atoms with van der Waals surface area (Å²) < 4.78 is 1.68. The molecule has 2 aromatic rings. The lowest BCUT2D eigenvalue weighted by atomic mass is 10.8. The van der Waals surface area contributed by atoms with E-state index in [1.807, 2.05) is 0 Å². The zero-order valence-electron chi connectivity index (χ0n) is 5.15. The van der Waals surface area contributed by atoms with Crippen LogP contribution in [0.15, 0.2) is 24.8 Å². The quantitative estimate of drug-likeness (QED) is 0.611. The summed E-state index contributed by atoms with van der Waals surface area (Å²) in [5, 5.41) is 0. The molecule has 0 aromatic carbocycles. The SMILES string of the molecule is [c]1nccn1-c1ncc[nH]1. The van der Waals surface area contributed by atoms with E-state index in [0.717, 1.165) is 5.95 Å². The lowest BCUT2D eigenvalue weighted by Gasteiger charge is -1.90. The maximum Gasteiger partial charge on any atom is 0.212 e. The van der Waals surface area contributed by atoms with E-state index >= 15 is 0 Å². The molecule has 49 valence electrons. The summed E-state index contributed by atoms with van der Waals surface area (Å²) in [6.07, 6.45) is 9.58. The highest BCUT2D eigenvalue weighted by atomic mass is 15.2. The summed E-state index contributed by atoms with van der Waals surface area (Å²) in [7, 11) is 0. The van der Waals surface area contributed by atoms with E-state index in [9.17, 15) is 0 Å². The highest BCUT2D eigenvalue weighted by molar-refractivity contribution is 5.08. The van der Waals surface area contributed by atoms with Gasteiger partial charge in [-0.1, -0.05) is 0 Å². The molecule has 0 saturated carbocycles. The number of aromatic nitrogens is 4. The minimum Gasteiger partial charge on any atom is -0.330 e. The Morgan fingerprint density at radius 3 is 3.10 bits per heavy atom. The van der Waals surface area contributed by atoms with Crippen molar-refractivity contribution in [2.45, 2.75) is 0 Å². The van der Waals surface area contributed by atoms with Crippen molar-refractivity contribution in [2.24, 2.45) is 0 Å². The Morgan fingerprint density at radius 2 is 2.50 bits per heavy atom. The van der Waals surface area contributed by atoms with Gasteiger partial charge in [0.25, 0.3) is 0 Å². The molecule has 4 heteroatoms. The van der Waals surface area contributed by atoms with Gasteiger partial charge in [0, 0.05) is 24.8 Å². The van der Waals surface area contributed by atoms with Crippen LogP contribution in [0.4, 0.5) is 0 Å². The highest BCUT2D eigenvalue weighted by Gasteiger charge is 1.93. The Morgan fingerprint density at radius 1 is 1.50 bits per heavy atom. The van der Waals surface area contributed by atoms with Crippen LogP contribution in [0, 0.1) is 6.33 Å². The van der Waals surface area contributed by atoms with E-state index in [1.54, 1.807) is 29.4 Å². The molecule has 2 heterocycles. The summed E-state index contributed by atoms with van der Waals surface area (Å²) in [5.74, 6) is 0.734. The second-order valence-corrected chi connectivity index (χ2v) is 1.81. The van der Waals surface area contributed by atoms with Crippen LogP contribution < -0.4 is 0 Å². The number of hydrogen-bond acceptors (Lipinski definition) is 2. The summed E-state index contributed by atoms with van der Waals surface area (Å²) in [4.78, 5) is 10.7. The summed E-state index contributed by atoms with van der Waals surface area (Å²) >= 11 is 0. The molecule has 0 spiro atoms. The molecule has 0 fully saturated rings. The molecule has 0 aliphatic rings. The fourth-order valence-electron chi connectivity index (χ4n) is 0.736. The molecule has 0 saturated heterocycles. The monoisotopic (exact) mass is 133 g/mol. The fraction of sp³-hybridized carbons (Fsp3) is 0. The van der Waals surface area contributed by atoms with Crippen LogP contribution in [0.5, 0.6) is 0 Å². The average molecular weight is 133 g/mol. The molecule has 2 rings (SSSR count). The third-order valence-electron chi connectivity index (χ3n) is 1.17. The van der Waals surface area contributed by atoms with Gasteiger partial charge in [0.2, 0.25) is 5.95 Å². The Hall–Kier alpha value is -1.58. The minimum absolute atomic E-state index is 0.734. The molecule has 0 aliphatic carbocycles. The second kappa shape index (κ2) is 1.98. The largest absolute Gasteiger partial charge is 0.330 e. The van der Waals surface area contributed by atoms with Gasteiger partial charge >= 0.3 is 0 Å². The lowest BCUT2D eigenvalue weighted by molar-refractivity contribution is 0.951. The molecule has 10 heavy (non-hydrogen) atoms. The van der Waals surface area contributed by atoms with E-state index in [2.05, 4.69) is 21.3 Å². The van der Waals surface area contributed by atoms with Gasteiger partial charge in [0.05, 0.1) is 0 Å². The number of hydrogen-bond donors (Lipinski definition) is 1. The molecular weight excluding hydrogens is 128 g/mol. The molecule has 4 nitrogen and oxygen atoms in total. The van der Waals surface area contributed by atoms with E-state index in [4.69, 9.17) is 0 Å². The Labute approximate surface area is 57.6 Å². The average Bonchev–Trinajstić information content (AvgIpc) is 2.59. The van der Waals surface area contributed by atoms with Crippen molar-refractivity contribution >= 4 is 0 Å². The third-order valence-corrected chi connectivity index (χ3v) is 1.17. The standard InChI is InChI=1S/C6H5N4/c1-2-9-6(8-1)10-4-3-7-5-10/h1-4H,(H,8,9). The first-order valence-electron chi connectivity index (χ1n) is 2.87. The van der Waals surface area contributed by atoms with Crippen LogP contribution in [-0.2, 0) is 0 Å². The van der Waals surface area contributed by atoms with Gasteiger partial charge in [-0.05, 0) is 0 Å². The van der Waals surface area contributed by atoms with Crippen molar-refractivity contribution < 1.29 is 0 Å². The molecule has 0 atom stereocenters. The Kier molecular flexibility index (Phi) is 1.04. The number of nitrogens with zero attached hydrogens (tertiary/aromatic N) is 3. The second-order valence-electron chi connectivity index (χ2n) is 1.81. The van der Waals surface area contributed by atoms with Crippen molar-refractivity contribution in [2.75, 3.05) is 0 Å². The first kappa shape index (κ1) is 5.22. The van der Waals surface area contributed by atoms with E-state index in [0.29, 0.717) is 0 Å². The molecule has 0 unspecified atom stereocenters. The lowest BCUT2D eigenvalue weighted by Crippen LogP contribution is -1.91. The zero-order valence-corrected chi connectivity index (χ0v) is 5.15. The Bertz CT molecular complexity index is 249. The minimum atomic E-state index is 0.734. The summed E-state index contributed by atoms with van der Waals surface area (Å²) in [6.45, 7) is 0. The fourth-order valence-corrected chi connectivity index (χ4v) is 0.736. The van der Waals surface area contributed by atoms with Gasteiger partial charge < -0.3 is 4.98 Å². The van der Waals surface area contributed by atoms with Crippen LogP contribution in [0.3, 0.4) is 0 Å². The first-order valence-corrected chi connectivity index (χ1v) is 2.87. The normalized spacial score (nSPS) is 10.0. The van der Waals surface area contributed by atoms with Gasteiger partial charge in [-0.15, -0.1) is 0 Å². The van der Waals surface area contributed by atoms with Crippen molar-refractivity contribution in [3.8, 4) is 5.95 Å². The van der Waals surface area contributed by atoms with Gasteiger partial charge in [-0.2, -0.15) is 0 Å². The molecule has 1 N–H and O–H groups in total. The van der Waals surface area contributed by atoms with Crippen molar-refractivity contribution in [3.05, 3.63) is 31.1 Å². The number of nitrogens with one attached hydrogen (secondary N) is 1. The van der Waals surface area contributed by atoms with E-state index < -0.39 is 0 Å². The van der Waals surface area contributed by atoms with E-state index in [1.165, 1.54) is 0 Å². The molecule has 0 amide bonds. The van der Waals surface area contributed by atoms with Gasteiger partial charge in [0.1, 0.15) is 0 Å². The third kappa shape index (κ3) is 0.699. The first-order chi connectivity index (χ1) is 4.97. The van der Waals surface area contributed by atoms with Gasteiger partial charge in [-0.3, -0.25) is 4.57 Å². The van der Waals surface area contributed by atoms with Crippen LogP contribution >= 0.6 is 0 Å². The smallest absolute Gasteiger partial charge is 0.212 e. The zero-order chi connectivity index (χ0) is 6.81. The molecular formula is C6H5N4. The summed E-state index contributed by atoms with van der Waals surface area (Å²) in [6, 6.07) is 0. The van der Waals surface area contributed by atoms with Gasteiger partial charge in [0.15, 0.2) is 6.33 Å². The van der Waals surface area contributed by atoms with Crippen LogP contribution in [0.25, 0.3) is 5.95 Å². The number of imidazole rings is 2. The van der Waals surface area contributed by atoms with E-state index in [-0.39, 0.29) is 0 Å². The van der Waals surface area contributed by atoms with Crippen LogP contribution in [0.2, 0.25) is 0 Å². The number of aromatic amines is 1. The maximum absolute atomic E-state index is 3.99. The summed E-state index contributed by atoms with van der Waals surface area (Å²) in [5.41, 5.74) is 0. The number of rotatable bonds is 1.